The predicted octanol–water partition coefficient (Wildman–Crippen LogP) is 3.12. The Morgan fingerprint density at radius 2 is 1.82 bits per heavy atom. The Balaban J connectivity index is 1.52. The lowest BCUT2D eigenvalue weighted by Crippen LogP contribution is -2.37. The molecule has 1 atom stereocenters. The first-order valence-corrected chi connectivity index (χ1v) is 8.53. The fraction of sp³-hybridized carbons (Fsp3) is 0.263. The number of nitrogens with zero attached hydrogens (tertiary/aromatic N) is 2. The van der Waals surface area contributed by atoms with Crippen LogP contribution in [-0.4, -0.2) is 27.5 Å². The summed E-state index contributed by atoms with van der Waals surface area (Å²) in [4.78, 5) is 12.0. The van der Waals surface area contributed by atoms with Gasteiger partial charge >= 0.3 is 12.2 Å². The Morgan fingerprint density at radius 3 is 2.50 bits per heavy atom. The highest BCUT2D eigenvalue weighted by Gasteiger charge is 2.30. The van der Waals surface area contributed by atoms with Crippen LogP contribution in [-0.2, 0) is 19.8 Å². The van der Waals surface area contributed by atoms with Crippen molar-refractivity contribution in [1.82, 2.24) is 20.4 Å². The number of rotatable bonds is 5. The zero-order valence-electron chi connectivity index (χ0n) is 15.0. The second-order valence-corrected chi connectivity index (χ2v) is 6.29. The number of carbonyl (C=O) groups is 1. The van der Waals surface area contributed by atoms with Crippen molar-refractivity contribution in [3.63, 3.8) is 0 Å². The Kier molecular flexibility index (Phi) is 5.55. The number of hydrogen-bond acceptors (Lipinski definition) is 3. The molecule has 0 aliphatic rings. The zero-order valence-corrected chi connectivity index (χ0v) is 15.0. The average molecular weight is 392 g/mol. The lowest BCUT2D eigenvalue weighted by molar-refractivity contribution is -0.137. The van der Waals surface area contributed by atoms with Gasteiger partial charge in [-0.3, -0.25) is 4.68 Å². The first-order chi connectivity index (χ1) is 13.3. The number of amides is 2. The molecule has 3 N–H and O–H groups in total. The van der Waals surface area contributed by atoms with Crippen LogP contribution in [0, 0.1) is 0 Å². The first kappa shape index (κ1) is 19.7. The van der Waals surface area contributed by atoms with Gasteiger partial charge in [0, 0.05) is 19.0 Å². The average Bonchev–Trinajstić information content (AvgIpc) is 3.00. The van der Waals surface area contributed by atoms with E-state index in [4.69, 9.17) is 0 Å². The number of aliphatic hydroxyl groups excluding tert-OH is 1. The van der Waals surface area contributed by atoms with E-state index < -0.39 is 23.9 Å². The largest absolute Gasteiger partial charge is 0.416 e. The minimum Gasteiger partial charge on any atom is -0.387 e. The summed E-state index contributed by atoms with van der Waals surface area (Å²) >= 11 is 0. The highest BCUT2D eigenvalue weighted by molar-refractivity contribution is 5.82. The van der Waals surface area contributed by atoms with Crippen molar-refractivity contribution in [2.75, 3.05) is 6.54 Å². The summed E-state index contributed by atoms with van der Waals surface area (Å²) in [6, 6.07) is 11.3. The van der Waals surface area contributed by atoms with Crippen LogP contribution in [0.4, 0.5) is 18.0 Å². The van der Waals surface area contributed by atoms with Crippen LogP contribution in [0.15, 0.2) is 48.5 Å². The molecule has 1 heterocycles. The summed E-state index contributed by atoms with van der Waals surface area (Å²) in [7, 11) is 1.81. The van der Waals surface area contributed by atoms with E-state index in [-0.39, 0.29) is 18.7 Å². The van der Waals surface area contributed by atoms with Crippen LogP contribution >= 0.6 is 0 Å². The van der Waals surface area contributed by atoms with Gasteiger partial charge in [-0.1, -0.05) is 30.3 Å². The molecule has 2 amide bonds. The van der Waals surface area contributed by atoms with Gasteiger partial charge in [-0.05, 0) is 23.8 Å². The van der Waals surface area contributed by atoms with Crippen molar-refractivity contribution in [1.29, 1.82) is 0 Å². The SMILES string of the molecule is Cn1nc(CNC(=O)NCC(O)c2ccc(C(F)(F)F)cc2)c2ccccc21. The number of nitrogens with one attached hydrogen (secondary N) is 2. The molecular formula is C19H19F3N4O2. The molecule has 148 valence electrons. The molecule has 3 rings (SSSR count). The fourth-order valence-electron chi connectivity index (χ4n) is 2.85. The van der Waals surface area contributed by atoms with Crippen LogP contribution in [0.5, 0.6) is 0 Å². The van der Waals surface area contributed by atoms with Gasteiger partial charge in [0.25, 0.3) is 0 Å². The lowest BCUT2D eigenvalue weighted by Gasteiger charge is -2.14. The van der Waals surface area contributed by atoms with Crippen molar-refractivity contribution in [3.8, 4) is 0 Å². The molecule has 0 saturated carbocycles. The molecule has 1 aromatic heterocycles. The van der Waals surface area contributed by atoms with E-state index in [2.05, 4.69) is 15.7 Å². The van der Waals surface area contributed by atoms with Gasteiger partial charge in [-0.25, -0.2) is 4.79 Å². The van der Waals surface area contributed by atoms with Gasteiger partial charge < -0.3 is 15.7 Å². The summed E-state index contributed by atoms with van der Waals surface area (Å²) in [5.41, 5.74) is 1.13. The number of alkyl halides is 3. The van der Waals surface area contributed by atoms with E-state index in [1.54, 1.807) is 4.68 Å². The van der Waals surface area contributed by atoms with Gasteiger partial charge in [-0.2, -0.15) is 18.3 Å². The summed E-state index contributed by atoms with van der Waals surface area (Å²) in [6.45, 7) is 0.0593. The van der Waals surface area contributed by atoms with Crippen LogP contribution in [0.25, 0.3) is 10.9 Å². The molecule has 3 aromatic rings. The molecule has 2 aromatic carbocycles. The smallest absolute Gasteiger partial charge is 0.387 e. The lowest BCUT2D eigenvalue weighted by atomic mass is 10.1. The number of halogens is 3. The van der Waals surface area contributed by atoms with E-state index in [0.717, 1.165) is 23.0 Å². The molecule has 9 heteroatoms. The number of hydrogen-bond donors (Lipinski definition) is 3. The fourth-order valence-corrected chi connectivity index (χ4v) is 2.85. The third kappa shape index (κ3) is 4.42. The molecule has 0 aliphatic carbocycles. The summed E-state index contributed by atoms with van der Waals surface area (Å²) in [5, 5.41) is 20.5. The number of benzene rings is 2. The van der Waals surface area contributed by atoms with Crippen molar-refractivity contribution >= 4 is 16.9 Å². The quantitative estimate of drug-likeness (QED) is 0.624. The maximum atomic E-state index is 12.6. The van der Waals surface area contributed by atoms with Gasteiger partial charge in [0.2, 0.25) is 0 Å². The van der Waals surface area contributed by atoms with E-state index in [1.807, 2.05) is 31.3 Å². The summed E-state index contributed by atoms with van der Waals surface area (Å²) in [6.07, 6.45) is -5.55. The van der Waals surface area contributed by atoms with Crippen molar-refractivity contribution in [2.24, 2.45) is 7.05 Å². The third-order valence-corrected chi connectivity index (χ3v) is 4.33. The maximum Gasteiger partial charge on any atom is 0.416 e. The highest BCUT2D eigenvalue weighted by atomic mass is 19.4. The van der Waals surface area contributed by atoms with Crippen molar-refractivity contribution in [3.05, 3.63) is 65.4 Å². The van der Waals surface area contributed by atoms with Crippen molar-refractivity contribution < 1.29 is 23.1 Å². The normalized spacial score (nSPS) is 12.8. The zero-order chi connectivity index (χ0) is 20.3. The summed E-state index contributed by atoms with van der Waals surface area (Å²) < 4.78 is 39.4. The molecule has 0 aliphatic heterocycles. The highest BCUT2D eigenvalue weighted by Crippen LogP contribution is 2.29. The predicted molar refractivity (Wildman–Crippen MR) is 97.4 cm³/mol. The number of aryl methyl sites for hydroxylation is 1. The standard InChI is InChI=1S/C19H19F3N4O2/c1-26-16-5-3-2-4-14(16)15(25-26)10-23-18(28)24-11-17(27)12-6-8-13(9-7-12)19(20,21)22/h2-9,17,27H,10-11H2,1H3,(H2,23,24,28). The molecule has 0 spiro atoms. The Labute approximate surface area is 159 Å². The van der Waals surface area contributed by atoms with Crippen LogP contribution in [0.3, 0.4) is 0 Å². The number of aromatic nitrogens is 2. The molecule has 0 bridgehead atoms. The molecule has 1 unspecified atom stereocenters. The topological polar surface area (TPSA) is 79.2 Å². The number of para-hydroxylation sites is 1. The van der Waals surface area contributed by atoms with Gasteiger partial charge in [0.1, 0.15) is 0 Å². The van der Waals surface area contributed by atoms with Gasteiger partial charge in [-0.15, -0.1) is 0 Å². The number of fused-ring (bicyclic) bond motifs is 1. The molecule has 0 radical (unpaired) electrons. The molecule has 6 nitrogen and oxygen atoms in total. The van der Waals surface area contributed by atoms with Crippen LogP contribution < -0.4 is 10.6 Å². The monoisotopic (exact) mass is 392 g/mol. The molecule has 28 heavy (non-hydrogen) atoms. The first-order valence-electron chi connectivity index (χ1n) is 8.53. The van der Waals surface area contributed by atoms with Gasteiger partial charge in [0.05, 0.1) is 29.4 Å². The van der Waals surface area contributed by atoms with E-state index in [0.29, 0.717) is 5.69 Å². The molecule has 0 fully saturated rings. The Morgan fingerprint density at radius 1 is 1.14 bits per heavy atom. The minimum absolute atomic E-state index is 0.139. The second kappa shape index (κ2) is 7.89. The Hall–Kier alpha value is -3.07. The number of carbonyl (C=O) groups excluding carboxylic acids is 1. The molecule has 0 saturated heterocycles. The Bertz CT molecular complexity index is 967. The van der Waals surface area contributed by atoms with E-state index in [1.165, 1.54) is 12.1 Å². The van der Waals surface area contributed by atoms with Gasteiger partial charge in [0.15, 0.2) is 0 Å². The molecular weight excluding hydrogens is 373 g/mol. The van der Waals surface area contributed by atoms with Crippen molar-refractivity contribution in [2.45, 2.75) is 18.8 Å². The second-order valence-electron chi connectivity index (χ2n) is 6.29. The van der Waals surface area contributed by atoms with E-state index >= 15 is 0 Å². The third-order valence-electron chi connectivity index (χ3n) is 4.33. The van der Waals surface area contributed by atoms with Crippen LogP contribution in [0.1, 0.15) is 22.9 Å². The maximum absolute atomic E-state index is 12.6. The minimum atomic E-state index is -4.43. The number of aliphatic hydroxyl groups is 1. The van der Waals surface area contributed by atoms with Crippen LogP contribution in [0.2, 0.25) is 0 Å². The number of urea groups is 1. The summed E-state index contributed by atoms with van der Waals surface area (Å²) in [5.74, 6) is 0. The van der Waals surface area contributed by atoms with E-state index in [9.17, 15) is 23.1 Å².